The molecular weight excluding hydrogens is 444 g/mol. The molecule has 0 aliphatic carbocycles. The molecule has 0 fully saturated rings. The summed E-state index contributed by atoms with van der Waals surface area (Å²) in [7, 11) is 3.24. The quantitative estimate of drug-likeness (QED) is 0.144. The molecule has 0 atom stereocenters. The van der Waals surface area contributed by atoms with Crippen LogP contribution in [0.1, 0.15) is 0 Å². The Morgan fingerprint density at radius 3 is 1.39 bits per heavy atom. The Morgan fingerprint density at radius 1 is 0.667 bits per heavy atom. The third-order valence-corrected chi connectivity index (χ3v) is 2.76. The highest BCUT2D eigenvalue weighted by Gasteiger charge is 2.03. The fourth-order valence-electron chi connectivity index (χ4n) is 1.39. The minimum absolute atomic E-state index is 0.0675. The Kier molecular flexibility index (Phi) is 36.6. The van der Waals surface area contributed by atoms with E-state index in [1.54, 1.807) is 14.2 Å². The van der Waals surface area contributed by atoms with E-state index in [-0.39, 0.29) is 19.8 Å². The summed E-state index contributed by atoms with van der Waals surface area (Å²) in [5, 5.41) is 16.0. The predicted octanol–water partition coefficient (Wildman–Crippen LogP) is -0.223. The molecule has 0 radical (unpaired) electrons. The third-order valence-electron chi connectivity index (χ3n) is 2.76. The van der Waals surface area contributed by atoms with Crippen molar-refractivity contribution in [2.24, 2.45) is 0 Å². The zero-order valence-corrected chi connectivity index (χ0v) is 19.4. The number of esters is 1. The first-order chi connectivity index (χ1) is 16.0. The summed E-state index contributed by atoms with van der Waals surface area (Å²) >= 11 is 0. The maximum absolute atomic E-state index is 10.7. The van der Waals surface area contributed by atoms with Gasteiger partial charge in [0.15, 0.2) is 0 Å². The van der Waals surface area contributed by atoms with Crippen molar-refractivity contribution in [2.45, 2.75) is 0 Å². The van der Waals surface area contributed by atoms with E-state index >= 15 is 0 Å². The molecule has 0 saturated heterocycles. The summed E-state index contributed by atoms with van der Waals surface area (Å²) in [5.74, 6) is -1.58. The summed E-state index contributed by atoms with van der Waals surface area (Å²) in [6, 6.07) is 0. The van der Waals surface area contributed by atoms with Gasteiger partial charge in [0, 0.05) is 14.2 Å². The lowest BCUT2D eigenvalue weighted by molar-refractivity contribution is -0.143. The van der Waals surface area contributed by atoms with E-state index in [1.807, 2.05) is 0 Å². The first kappa shape index (κ1) is 35.2. The first-order valence-electron chi connectivity index (χ1n) is 9.93. The van der Waals surface area contributed by atoms with Crippen LogP contribution in [0.5, 0.6) is 0 Å². The van der Waals surface area contributed by atoms with Crippen molar-refractivity contribution in [1.29, 1.82) is 0 Å². The van der Waals surface area contributed by atoms with Gasteiger partial charge in [-0.2, -0.15) is 0 Å². The number of aliphatic carboxylic acids is 1. The van der Waals surface area contributed by atoms with Crippen molar-refractivity contribution in [1.82, 2.24) is 0 Å². The van der Waals surface area contributed by atoms with Crippen molar-refractivity contribution in [3.05, 3.63) is 22.8 Å². The minimum Gasteiger partial charge on any atom is -0.476 e. The van der Waals surface area contributed by atoms with Gasteiger partial charge < -0.3 is 53.1 Å². The third kappa shape index (κ3) is 44.2. The highest BCUT2D eigenvalue weighted by atomic mass is 16.6. The molecule has 0 aliphatic heterocycles. The summed E-state index contributed by atoms with van der Waals surface area (Å²) in [4.78, 5) is 25.6. The second-order valence-corrected chi connectivity index (χ2v) is 5.41. The average molecular weight is 481 g/mol. The number of aliphatic hydroxyl groups excluding tert-OH is 1. The average Bonchev–Trinajstić information content (AvgIpc) is 2.78. The molecule has 0 aromatic rings. The molecule has 0 aromatic heterocycles. The number of hydrogen-bond acceptors (Lipinski definition) is 10. The van der Waals surface area contributed by atoms with Crippen LogP contribution in [0.2, 0.25) is 0 Å². The summed E-state index contributed by atoms with van der Waals surface area (Å²) in [6.45, 7) is 17.0. The maximum atomic E-state index is 10.7. The van der Waals surface area contributed by atoms with Gasteiger partial charge >= 0.3 is 25.0 Å². The number of carboxylic acids is 1. The van der Waals surface area contributed by atoms with Gasteiger partial charge in [-0.05, 0) is 0 Å². The number of rotatable bonds is 19. The zero-order valence-electron chi connectivity index (χ0n) is 19.4. The van der Waals surface area contributed by atoms with Crippen LogP contribution in [0.4, 0.5) is 0 Å². The summed E-state index contributed by atoms with van der Waals surface area (Å²) in [6.07, 6.45) is 0. The fourth-order valence-corrected chi connectivity index (χ4v) is 1.39. The van der Waals surface area contributed by atoms with E-state index in [9.17, 15) is 9.59 Å². The second-order valence-electron chi connectivity index (χ2n) is 5.41. The Bertz CT molecular complexity index is 499. The molecule has 0 rings (SSSR count). The number of ether oxygens (including phenoxy) is 7. The molecule has 0 aliphatic rings. The number of carbonyl (C=O) groups is 2. The van der Waals surface area contributed by atoms with Crippen LogP contribution in [0.25, 0.3) is 9.69 Å². The summed E-state index contributed by atoms with van der Waals surface area (Å²) in [5.41, 5.74) is 0. The molecule has 0 saturated carbocycles. The molecule has 192 valence electrons. The molecule has 0 amide bonds. The molecule has 33 heavy (non-hydrogen) atoms. The maximum Gasteiger partial charge on any atom is 0.387 e. The SMILES string of the molecule is COCCOCCOCCO.[C-]#[N+]CC(=O)O.[C-]#[N+]CC(=O)OCCOCCOCCOC. The highest BCUT2D eigenvalue weighted by molar-refractivity contribution is 5.73. The minimum atomic E-state index is -1.06. The Morgan fingerprint density at radius 2 is 1.06 bits per heavy atom. The number of hydrogen-bond donors (Lipinski definition) is 2. The van der Waals surface area contributed by atoms with E-state index in [4.69, 9.17) is 51.8 Å². The Hall–Kier alpha value is -2.36. The van der Waals surface area contributed by atoms with E-state index in [1.165, 1.54) is 0 Å². The lowest BCUT2D eigenvalue weighted by Crippen LogP contribution is -2.14. The topological polar surface area (TPSA) is 148 Å². The molecule has 0 unspecified atom stereocenters. The Balaban J connectivity index is -0.000000457. The van der Waals surface area contributed by atoms with Gasteiger partial charge in [-0.15, -0.1) is 0 Å². The van der Waals surface area contributed by atoms with Gasteiger partial charge in [-0.25, -0.2) is 22.7 Å². The van der Waals surface area contributed by atoms with E-state index < -0.39 is 18.5 Å². The standard InChI is InChI=1S/C10H17NO5.C7H16O4.C3H3NO2/c1-11-9-10(12)16-8-7-15-6-5-14-4-3-13-2;1-9-4-5-11-7-6-10-3-2-8;1-4-2-3(5)6/h3-9H2,2H3;8H,2-7H2,1H3;2H2,(H,5,6). The van der Waals surface area contributed by atoms with Crippen LogP contribution in [0.3, 0.4) is 0 Å². The van der Waals surface area contributed by atoms with Crippen LogP contribution < -0.4 is 0 Å². The van der Waals surface area contributed by atoms with Crippen molar-refractivity contribution in [2.75, 3.05) is 107 Å². The molecule has 0 bridgehead atoms. The second kappa shape index (κ2) is 34.3. The molecule has 0 heterocycles. The van der Waals surface area contributed by atoms with Crippen LogP contribution in [0.15, 0.2) is 0 Å². The van der Waals surface area contributed by atoms with E-state index in [0.717, 1.165) is 0 Å². The van der Waals surface area contributed by atoms with Gasteiger partial charge in [0.2, 0.25) is 0 Å². The van der Waals surface area contributed by atoms with E-state index in [0.29, 0.717) is 66.1 Å². The Labute approximate surface area is 195 Å². The molecule has 13 heteroatoms. The molecular formula is C20H36N2O11. The number of carbonyl (C=O) groups excluding carboxylic acids is 1. The van der Waals surface area contributed by atoms with Gasteiger partial charge in [0.25, 0.3) is 0 Å². The molecule has 13 nitrogen and oxygen atoms in total. The zero-order chi connectivity index (χ0) is 25.4. The van der Waals surface area contributed by atoms with Crippen LogP contribution >= 0.6 is 0 Å². The van der Waals surface area contributed by atoms with Crippen LogP contribution in [-0.2, 0) is 42.7 Å². The molecule has 2 N–H and O–H groups in total. The number of aliphatic hydroxyl groups is 1. The predicted molar refractivity (Wildman–Crippen MR) is 116 cm³/mol. The lowest BCUT2D eigenvalue weighted by atomic mass is 10.6. The molecule has 0 aromatic carbocycles. The number of nitrogens with zero attached hydrogens (tertiary/aromatic N) is 2. The van der Waals surface area contributed by atoms with Gasteiger partial charge in [0.05, 0.1) is 72.7 Å². The molecule has 0 spiro atoms. The fraction of sp³-hybridized carbons (Fsp3) is 0.800. The highest BCUT2D eigenvalue weighted by Crippen LogP contribution is 1.83. The van der Waals surface area contributed by atoms with Crippen molar-refractivity contribution >= 4 is 11.9 Å². The van der Waals surface area contributed by atoms with Crippen molar-refractivity contribution in [3.63, 3.8) is 0 Å². The smallest absolute Gasteiger partial charge is 0.387 e. The van der Waals surface area contributed by atoms with E-state index in [2.05, 4.69) is 14.4 Å². The monoisotopic (exact) mass is 480 g/mol. The largest absolute Gasteiger partial charge is 0.476 e. The van der Waals surface area contributed by atoms with Gasteiger partial charge in [-0.3, -0.25) is 0 Å². The normalized spacial score (nSPS) is 9.36. The first-order valence-corrected chi connectivity index (χ1v) is 9.93. The number of methoxy groups -OCH3 is 2. The number of carboxylic acid groups (broad SMARTS) is 1. The van der Waals surface area contributed by atoms with Gasteiger partial charge in [-0.1, -0.05) is 0 Å². The summed E-state index contributed by atoms with van der Waals surface area (Å²) < 4.78 is 34.5. The van der Waals surface area contributed by atoms with Crippen LogP contribution in [0, 0.1) is 13.1 Å². The van der Waals surface area contributed by atoms with Crippen LogP contribution in [-0.4, -0.2) is 129 Å². The van der Waals surface area contributed by atoms with Gasteiger partial charge in [0.1, 0.15) is 6.61 Å². The lowest BCUT2D eigenvalue weighted by Gasteiger charge is -2.05. The van der Waals surface area contributed by atoms with Crippen molar-refractivity contribution in [3.8, 4) is 0 Å². The van der Waals surface area contributed by atoms with Crippen molar-refractivity contribution < 1.29 is 53.0 Å².